The van der Waals surface area contributed by atoms with Crippen LogP contribution in [0.4, 0.5) is 11.4 Å². The minimum atomic E-state index is -1.24. The number of hydrogen-bond donors (Lipinski definition) is 2. The number of amides is 2. The molecular weight excluding hydrogens is 336 g/mol. The Morgan fingerprint density at radius 1 is 0.920 bits per heavy atom. The molecule has 0 bridgehead atoms. The zero-order valence-corrected chi connectivity index (χ0v) is 15.9. The van der Waals surface area contributed by atoms with E-state index in [1.807, 2.05) is 32.9 Å². The number of nitrogens with one attached hydrogen (secondary N) is 2. The molecule has 0 aliphatic rings. The molecule has 0 fully saturated rings. The van der Waals surface area contributed by atoms with Crippen LogP contribution in [0, 0.1) is 26.2 Å². The third-order valence-corrected chi connectivity index (χ3v) is 4.37. The minimum absolute atomic E-state index is 0.359. The number of anilines is 2. The van der Waals surface area contributed by atoms with Gasteiger partial charge in [0.05, 0.1) is 0 Å². The van der Waals surface area contributed by atoms with Gasteiger partial charge in [-0.05, 0) is 63.9 Å². The van der Waals surface area contributed by atoms with Crippen LogP contribution in [-0.2, 0) is 9.59 Å². The van der Waals surface area contributed by atoms with Crippen LogP contribution < -0.4 is 10.6 Å². The molecule has 2 aromatic rings. The fraction of sp³-hybridized carbons (Fsp3) is 0.300. The van der Waals surface area contributed by atoms with Gasteiger partial charge in [-0.3, -0.25) is 9.59 Å². The van der Waals surface area contributed by atoms with E-state index in [1.54, 1.807) is 38.1 Å². The molecule has 0 atom stereocenters. The van der Waals surface area contributed by atoms with Gasteiger partial charge in [0.15, 0.2) is 0 Å². The van der Waals surface area contributed by atoms with Gasteiger partial charge in [-0.25, -0.2) is 0 Å². The Balaban J connectivity index is 2.18. The van der Waals surface area contributed by atoms with Gasteiger partial charge in [0.25, 0.3) is 0 Å². The molecule has 0 heterocycles. The molecule has 0 spiro atoms. The van der Waals surface area contributed by atoms with Gasteiger partial charge in [0.2, 0.25) is 11.8 Å². The van der Waals surface area contributed by atoms with Crippen molar-refractivity contribution in [3.8, 4) is 0 Å². The number of halogens is 1. The predicted octanol–water partition coefficient (Wildman–Crippen LogP) is 4.87. The second kappa shape index (κ2) is 7.28. The molecule has 0 aliphatic heterocycles. The van der Waals surface area contributed by atoms with Crippen molar-refractivity contribution in [3.05, 3.63) is 58.1 Å². The quantitative estimate of drug-likeness (QED) is 0.766. The van der Waals surface area contributed by atoms with E-state index < -0.39 is 11.3 Å². The number of carbonyl (C=O) groups excluding carboxylic acids is 2. The monoisotopic (exact) mass is 358 g/mol. The smallest absolute Gasteiger partial charge is 0.239 e. The molecule has 4 nitrogen and oxygen atoms in total. The van der Waals surface area contributed by atoms with Crippen LogP contribution in [0.1, 0.15) is 30.5 Å². The Hall–Kier alpha value is -2.33. The molecule has 0 saturated heterocycles. The Morgan fingerprint density at radius 2 is 1.48 bits per heavy atom. The zero-order chi connectivity index (χ0) is 18.8. The Labute approximate surface area is 153 Å². The van der Waals surface area contributed by atoms with Gasteiger partial charge in [-0.1, -0.05) is 35.4 Å². The summed E-state index contributed by atoms with van der Waals surface area (Å²) in [5, 5.41) is 6.16. The van der Waals surface area contributed by atoms with Crippen LogP contribution >= 0.6 is 11.6 Å². The highest BCUT2D eigenvalue weighted by molar-refractivity contribution is 6.31. The lowest BCUT2D eigenvalue weighted by Gasteiger charge is -2.24. The van der Waals surface area contributed by atoms with Crippen LogP contribution in [0.2, 0.25) is 5.02 Å². The molecule has 0 unspecified atom stereocenters. The largest absolute Gasteiger partial charge is 0.325 e. The van der Waals surface area contributed by atoms with Crippen LogP contribution in [0.5, 0.6) is 0 Å². The first-order valence-corrected chi connectivity index (χ1v) is 8.45. The first kappa shape index (κ1) is 19.0. The fourth-order valence-electron chi connectivity index (χ4n) is 2.60. The second-order valence-electron chi connectivity index (χ2n) is 6.82. The van der Waals surface area contributed by atoms with Gasteiger partial charge in [-0.15, -0.1) is 0 Å². The topological polar surface area (TPSA) is 58.2 Å². The lowest BCUT2D eigenvalue weighted by Crippen LogP contribution is -2.41. The summed E-state index contributed by atoms with van der Waals surface area (Å²) in [7, 11) is 0. The highest BCUT2D eigenvalue weighted by atomic mass is 35.5. The average Bonchev–Trinajstić information content (AvgIpc) is 2.50. The van der Waals surface area contributed by atoms with Crippen molar-refractivity contribution < 1.29 is 9.59 Å². The lowest BCUT2D eigenvalue weighted by atomic mass is 9.90. The molecule has 5 heteroatoms. The maximum atomic E-state index is 12.7. The number of rotatable bonds is 4. The summed E-state index contributed by atoms with van der Waals surface area (Å²) >= 11 is 5.93. The van der Waals surface area contributed by atoms with Crippen molar-refractivity contribution in [2.24, 2.45) is 5.41 Å². The molecule has 2 aromatic carbocycles. The van der Waals surface area contributed by atoms with E-state index in [0.717, 1.165) is 22.4 Å². The highest BCUT2D eigenvalue weighted by Gasteiger charge is 2.36. The number of benzene rings is 2. The SMILES string of the molecule is Cc1cc(C)c(NC(=O)C(C)(C)C(=O)Nc2cccc(Cl)c2)c(C)c1. The summed E-state index contributed by atoms with van der Waals surface area (Å²) in [5.41, 5.74) is 3.13. The number of carbonyl (C=O) groups is 2. The maximum absolute atomic E-state index is 12.7. The van der Waals surface area contributed by atoms with Crippen molar-refractivity contribution in [3.63, 3.8) is 0 Å². The highest BCUT2D eigenvalue weighted by Crippen LogP contribution is 2.26. The van der Waals surface area contributed by atoms with Crippen molar-refractivity contribution in [1.82, 2.24) is 0 Å². The predicted molar refractivity (Wildman–Crippen MR) is 103 cm³/mol. The van der Waals surface area contributed by atoms with Gasteiger partial charge >= 0.3 is 0 Å². The van der Waals surface area contributed by atoms with Gasteiger partial charge in [0, 0.05) is 16.4 Å². The van der Waals surface area contributed by atoms with E-state index in [1.165, 1.54) is 0 Å². The Kier molecular flexibility index (Phi) is 5.53. The molecule has 2 amide bonds. The fourth-order valence-corrected chi connectivity index (χ4v) is 2.79. The summed E-state index contributed by atoms with van der Waals surface area (Å²) in [6, 6.07) is 10.8. The minimum Gasteiger partial charge on any atom is -0.325 e. The Bertz CT molecular complexity index is 805. The van der Waals surface area contributed by atoms with Crippen LogP contribution in [0.15, 0.2) is 36.4 Å². The van der Waals surface area contributed by atoms with Crippen molar-refractivity contribution in [1.29, 1.82) is 0 Å². The summed E-state index contributed by atoms with van der Waals surface area (Å²) in [5.74, 6) is -0.753. The van der Waals surface area contributed by atoms with E-state index in [4.69, 9.17) is 11.6 Å². The summed E-state index contributed by atoms with van der Waals surface area (Å²) < 4.78 is 0. The van der Waals surface area contributed by atoms with Crippen molar-refractivity contribution in [2.45, 2.75) is 34.6 Å². The summed E-state index contributed by atoms with van der Waals surface area (Å²) in [6.45, 7) is 9.08. The normalized spacial score (nSPS) is 11.1. The van der Waals surface area contributed by atoms with E-state index >= 15 is 0 Å². The Morgan fingerprint density at radius 3 is 2.04 bits per heavy atom. The van der Waals surface area contributed by atoms with Gasteiger partial charge < -0.3 is 10.6 Å². The summed E-state index contributed by atoms with van der Waals surface area (Å²) in [6.07, 6.45) is 0. The standard InChI is InChI=1S/C20H23ClN2O2/c1-12-9-13(2)17(14(3)10-12)23-19(25)20(4,5)18(24)22-16-8-6-7-15(21)11-16/h6-11H,1-5H3,(H,22,24)(H,23,25). The molecule has 0 aliphatic carbocycles. The molecule has 0 radical (unpaired) electrons. The summed E-state index contributed by atoms with van der Waals surface area (Å²) in [4.78, 5) is 25.3. The van der Waals surface area contributed by atoms with Crippen LogP contribution in [-0.4, -0.2) is 11.8 Å². The second-order valence-corrected chi connectivity index (χ2v) is 7.25. The first-order chi connectivity index (χ1) is 11.6. The first-order valence-electron chi connectivity index (χ1n) is 8.07. The van der Waals surface area contributed by atoms with E-state index in [2.05, 4.69) is 10.6 Å². The lowest BCUT2D eigenvalue weighted by molar-refractivity contribution is -0.135. The molecule has 25 heavy (non-hydrogen) atoms. The molecule has 2 rings (SSSR count). The van der Waals surface area contributed by atoms with Crippen LogP contribution in [0.3, 0.4) is 0 Å². The molecule has 132 valence electrons. The third kappa shape index (κ3) is 4.40. The van der Waals surface area contributed by atoms with Gasteiger partial charge in [0.1, 0.15) is 5.41 Å². The third-order valence-electron chi connectivity index (χ3n) is 4.13. The maximum Gasteiger partial charge on any atom is 0.239 e. The zero-order valence-electron chi connectivity index (χ0n) is 15.2. The molecular formula is C20H23ClN2O2. The van der Waals surface area contributed by atoms with Crippen molar-refractivity contribution in [2.75, 3.05) is 10.6 Å². The van der Waals surface area contributed by atoms with Gasteiger partial charge in [-0.2, -0.15) is 0 Å². The van der Waals surface area contributed by atoms with E-state index in [9.17, 15) is 9.59 Å². The molecule has 2 N–H and O–H groups in total. The number of aryl methyl sites for hydroxylation is 3. The van der Waals surface area contributed by atoms with E-state index in [-0.39, 0.29) is 5.91 Å². The van der Waals surface area contributed by atoms with Crippen LogP contribution in [0.25, 0.3) is 0 Å². The van der Waals surface area contributed by atoms with Crippen molar-refractivity contribution >= 4 is 34.8 Å². The average molecular weight is 359 g/mol. The molecule has 0 saturated carbocycles. The number of hydrogen-bond acceptors (Lipinski definition) is 2. The molecule has 0 aromatic heterocycles. The van der Waals surface area contributed by atoms with E-state index in [0.29, 0.717) is 10.7 Å².